The molecule has 126 valence electrons. The Bertz CT molecular complexity index is 732. The highest BCUT2D eigenvalue weighted by Gasteiger charge is 2.04. The van der Waals surface area contributed by atoms with E-state index in [1.54, 1.807) is 6.20 Å². The van der Waals surface area contributed by atoms with Gasteiger partial charge in [0.1, 0.15) is 0 Å². The van der Waals surface area contributed by atoms with E-state index in [2.05, 4.69) is 23.7 Å². The molecule has 0 fully saturated rings. The Labute approximate surface area is 144 Å². The number of aromatic nitrogens is 1. The fraction of sp³-hybridized carbons (Fsp3) is 0.500. The van der Waals surface area contributed by atoms with Crippen molar-refractivity contribution in [1.29, 1.82) is 0 Å². The van der Waals surface area contributed by atoms with E-state index in [0.717, 1.165) is 48.7 Å². The molecule has 2 N–H and O–H groups in total. The smallest absolute Gasteiger partial charge is 0.0685 e. The van der Waals surface area contributed by atoms with Crippen LogP contribution in [0, 0.1) is 0 Å². The summed E-state index contributed by atoms with van der Waals surface area (Å²) in [5.41, 5.74) is 0.893. The van der Waals surface area contributed by atoms with Crippen molar-refractivity contribution >= 4 is 22.5 Å². The lowest BCUT2D eigenvalue weighted by Gasteiger charge is -2.19. The van der Waals surface area contributed by atoms with E-state index in [1.165, 1.54) is 0 Å². The lowest BCUT2D eigenvalue weighted by molar-refractivity contribution is 0.199. The van der Waals surface area contributed by atoms with Gasteiger partial charge in [-0.3, -0.25) is 4.99 Å². The summed E-state index contributed by atoms with van der Waals surface area (Å²) in [6.07, 6.45) is 3.63. The molecule has 2 rings (SSSR count). The van der Waals surface area contributed by atoms with E-state index < -0.39 is 0 Å². The topological polar surface area (TPSA) is 51.6 Å². The molecule has 1 aromatic heterocycles. The average molecular weight is 338 g/mol. The molecule has 0 aliphatic rings. The van der Waals surface area contributed by atoms with E-state index in [1.807, 2.05) is 18.2 Å². The molecule has 0 unspecified atom stereocenters. The Balaban J connectivity index is 2.12. The van der Waals surface area contributed by atoms with Crippen LogP contribution >= 0.6 is 11.6 Å². The zero-order valence-electron chi connectivity index (χ0n) is 14.8. The third-order valence-electron chi connectivity index (χ3n) is 3.98. The second-order valence-corrected chi connectivity index (χ2v) is 6.19. The summed E-state index contributed by atoms with van der Waals surface area (Å²) in [7, 11) is 0. The Hall–Kier alpha value is -1.36. The number of nitrogens with one attached hydrogen (secondary N) is 1. The van der Waals surface area contributed by atoms with Gasteiger partial charge in [0, 0.05) is 34.7 Å². The molecule has 0 radical (unpaired) electrons. The summed E-state index contributed by atoms with van der Waals surface area (Å²) in [5, 5.41) is 11.3. The Morgan fingerprint density at radius 2 is 2.26 bits per heavy atom. The molecule has 1 atom stereocenters. The van der Waals surface area contributed by atoms with Crippen molar-refractivity contribution in [2.24, 2.45) is 4.99 Å². The molecule has 0 amide bonds. The third kappa shape index (κ3) is 5.34. The molecule has 5 heteroatoms. The number of hydrogen-bond acceptors (Lipinski definition) is 3. The maximum Gasteiger partial charge on any atom is 0.0685 e. The van der Waals surface area contributed by atoms with Crippen LogP contribution in [0.2, 0.25) is 5.02 Å². The van der Waals surface area contributed by atoms with Gasteiger partial charge in [0.2, 0.25) is 0 Å². The normalized spacial score (nSPS) is 14.5. The first-order valence-corrected chi connectivity index (χ1v) is 8.57. The quantitative estimate of drug-likeness (QED) is 0.777. The van der Waals surface area contributed by atoms with E-state index in [9.17, 15) is 0 Å². The maximum absolute atomic E-state index is 9.03. The zero-order chi connectivity index (χ0) is 17.5. The molecule has 1 aromatic carbocycles. The Morgan fingerprint density at radius 1 is 1.43 bits per heavy atom. The highest BCUT2D eigenvalue weighted by atomic mass is 35.5. The van der Waals surface area contributed by atoms with Gasteiger partial charge in [0.25, 0.3) is 0 Å². The van der Waals surface area contributed by atoms with Crippen LogP contribution in [0.5, 0.6) is 0 Å². The fourth-order valence-corrected chi connectivity index (χ4v) is 2.85. The van der Waals surface area contributed by atoms with Crippen LogP contribution in [0.25, 0.3) is 10.9 Å². The second kappa shape index (κ2) is 9.06. The van der Waals surface area contributed by atoms with Crippen LogP contribution in [0.4, 0.5) is 0 Å². The van der Waals surface area contributed by atoms with E-state index >= 15 is 0 Å². The average Bonchev–Trinajstić information content (AvgIpc) is 2.56. The van der Waals surface area contributed by atoms with Crippen LogP contribution in [0.1, 0.15) is 28.1 Å². The summed E-state index contributed by atoms with van der Waals surface area (Å²) in [6, 6.07) is 6.14. The SMILES string of the molecule is [3H]c1c[nH]c2cc(Cl)ccc2c1=N[C@H](C)CCCN(CC)CCO. The van der Waals surface area contributed by atoms with Crippen molar-refractivity contribution in [3.63, 3.8) is 0 Å². The number of halogens is 1. The van der Waals surface area contributed by atoms with Gasteiger partial charge in [-0.2, -0.15) is 0 Å². The number of benzene rings is 1. The molecular formula is C18H26ClN3O. The van der Waals surface area contributed by atoms with Crippen molar-refractivity contribution in [2.75, 3.05) is 26.2 Å². The van der Waals surface area contributed by atoms with Crippen molar-refractivity contribution in [1.82, 2.24) is 9.88 Å². The number of hydrogen-bond donors (Lipinski definition) is 2. The van der Waals surface area contributed by atoms with Gasteiger partial charge < -0.3 is 15.0 Å². The summed E-state index contributed by atoms with van der Waals surface area (Å²) in [5.74, 6) is 0. The second-order valence-electron chi connectivity index (χ2n) is 5.75. The predicted octanol–water partition coefficient (Wildman–Crippen LogP) is 3.20. The number of H-pyrrole nitrogens is 1. The molecule has 0 aliphatic carbocycles. The van der Waals surface area contributed by atoms with Gasteiger partial charge >= 0.3 is 0 Å². The fourth-order valence-electron chi connectivity index (χ4n) is 2.67. The number of aliphatic hydroxyl groups excluding tert-OH is 1. The first-order chi connectivity index (χ1) is 11.5. The van der Waals surface area contributed by atoms with Gasteiger partial charge in [-0.25, -0.2) is 0 Å². The van der Waals surface area contributed by atoms with Crippen LogP contribution in [-0.4, -0.2) is 47.3 Å². The molecule has 0 saturated carbocycles. The summed E-state index contributed by atoms with van der Waals surface area (Å²) < 4.78 is 8.14. The number of pyridine rings is 1. The molecule has 4 nitrogen and oxygen atoms in total. The number of likely N-dealkylation sites (N-methyl/N-ethyl adjacent to an activating group) is 1. The summed E-state index contributed by atoms with van der Waals surface area (Å²) in [6.45, 7) is 7.02. The van der Waals surface area contributed by atoms with Gasteiger partial charge in [-0.1, -0.05) is 18.5 Å². The minimum absolute atomic E-state index is 0.142. The number of nitrogens with zero attached hydrogens (tertiary/aromatic N) is 2. The molecule has 0 saturated heterocycles. The highest BCUT2D eigenvalue weighted by molar-refractivity contribution is 6.31. The minimum Gasteiger partial charge on any atom is -0.395 e. The molecule has 2 aromatic rings. The van der Waals surface area contributed by atoms with Crippen LogP contribution in [-0.2, 0) is 0 Å². The van der Waals surface area contributed by atoms with Gasteiger partial charge in [-0.15, -0.1) is 0 Å². The van der Waals surface area contributed by atoms with Gasteiger partial charge in [0.15, 0.2) is 0 Å². The molecule has 0 spiro atoms. The molecule has 1 heterocycles. The van der Waals surface area contributed by atoms with Crippen molar-refractivity contribution in [3.05, 3.63) is 40.8 Å². The minimum atomic E-state index is 0.142. The number of aliphatic hydroxyl groups is 1. The van der Waals surface area contributed by atoms with Gasteiger partial charge in [-0.05, 0) is 57.1 Å². The Morgan fingerprint density at radius 3 is 3.00 bits per heavy atom. The number of fused-ring (bicyclic) bond motifs is 1. The summed E-state index contributed by atoms with van der Waals surface area (Å²) in [4.78, 5) is 10.1. The highest BCUT2D eigenvalue weighted by Crippen LogP contribution is 2.14. The van der Waals surface area contributed by atoms with Crippen LogP contribution < -0.4 is 5.36 Å². The lowest BCUT2D eigenvalue weighted by Crippen LogP contribution is -2.28. The lowest BCUT2D eigenvalue weighted by atomic mass is 10.1. The first kappa shape index (κ1) is 16.5. The van der Waals surface area contributed by atoms with Gasteiger partial charge in [0.05, 0.1) is 13.3 Å². The molecule has 23 heavy (non-hydrogen) atoms. The van der Waals surface area contributed by atoms with Crippen LogP contribution in [0.15, 0.2) is 35.4 Å². The summed E-state index contributed by atoms with van der Waals surface area (Å²) >= 11 is 6.03. The monoisotopic (exact) mass is 337 g/mol. The van der Waals surface area contributed by atoms with Crippen molar-refractivity contribution in [2.45, 2.75) is 32.7 Å². The maximum atomic E-state index is 9.03. The van der Waals surface area contributed by atoms with Crippen molar-refractivity contribution < 1.29 is 6.48 Å². The largest absolute Gasteiger partial charge is 0.395 e. The molecule has 0 bridgehead atoms. The molecule has 0 aliphatic heterocycles. The van der Waals surface area contributed by atoms with Crippen molar-refractivity contribution in [3.8, 4) is 0 Å². The first-order valence-electron chi connectivity index (χ1n) is 8.69. The zero-order valence-corrected chi connectivity index (χ0v) is 14.6. The Kier molecular flexibility index (Phi) is 6.50. The third-order valence-corrected chi connectivity index (χ3v) is 4.22. The number of rotatable bonds is 8. The number of aromatic amines is 1. The van der Waals surface area contributed by atoms with E-state index in [0.29, 0.717) is 11.1 Å². The van der Waals surface area contributed by atoms with E-state index in [-0.39, 0.29) is 12.6 Å². The predicted molar refractivity (Wildman–Crippen MR) is 96.8 cm³/mol. The van der Waals surface area contributed by atoms with Crippen LogP contribution in [0.3, 0.4) is 0 Å². The standard InChI is InChI=1S/C18H26ClN3O/c1-3-22(11-12-23)10-4-5-14(2)21-17-8-9-20-18-13-15(19)6-7-16(17)18/h6-9,13-14,23H,3-5,10-12H2,1-2H3,(H,20,21)/t14-/m1/s1/i8T. The van der Waals surface area contributed by atoms with E-state index in [4.69, 9.17) is 23.1 Å². The molecular weight excluding hydrogens is 310 g/mol.